The maximum absolute atomic E-state index is 14.1. The molecule has 3 aromatic carbocycles. The van der Waals surface area contributed by atoms with Crippen LogP contribution in [-0.4, -0.2) is 57.5 Å². The number of anilines is 1. The van der Waals surface area contributed by atoms with Crippen molar-refractivity contribution < 1.29 is 36.3 Å². The van der Waals surface area contributed by atoms with Crippen LogP contribution < -0.4 is 19.1 Å². The highest BCUT2D eigenvalue weighted by atomic mass is 32.2. The lowest BCUT2D eigenvalue weighted by molar-refractivity contribution is -0.140. The first-order valence-electron chi connectivity index (χ1n) is 14.1. The van der Waals surface area contributed by atoms with Crippen molar-refractivity contribution >= 4 is 27.5 Å². The van der Waals surface area contributed by atoms with Gasteiger partial charge in [-0.2, -0.15) is 0 Å². The molecular weight excluding hydrogens is 580 g/mol. The fraction of sp³-hybridized carbons (Fsp3) is 0.355. The van der Waals surface area contributed by atoms with Gasteiger partial charge in [0.2, 0.25) is 11.8 Å². The van der Waals surface area contributed by atoms with Gasteiger partial charge in [-0.25, -0.2) is 17.2 Å². The molecule has 12 heteroatoms. The highest BCUT2D eigenvalue weighted by Gasteiger charge is 2.34. The lowest BCUT2D eigenvalue weighted by atomic mass is 10.1. The van der Waals surface area contributed by atoms with Crippen LogP contribution in [0.4, 0.5) is 14.5 Å². The van der Waals surface area contributed by atoms with Crippen LogP contribution in [0.5, 0.6) is 11.5 Å². The van der Waals surface area contributed by atoms with E-state index in [1.165, 1.54) is 59.5 Å². The number of nitrogens with zero attached hydrogens (tertiary/aromatic N) is 2. The summed E-state index contributed by atoms with van der Waals surface area (Å²) < 4.78 is 67.5. The SMILES string of the molecule is CCCCNC(=O)C(CC)N(Cc1ccc(F)cc1)C(=O)CN(c1ccc(F)cc1)S(=O)(=O)c1ccc2c(c1)OCCO2. The zero-order valence-corrected chi connectivity index (χ0v) is 24.9. The third kappa shape index (κ3) is 7.81. The number of carbonyl (C=O) groups is 2. The van der Waals surface area contributed by atoms with Crippen LogP contribution >= 0.6 is 0 Å². The van der Waals surface area contributed by atoms with Crippen LogP contribution in [-0.2, 0) is 26.2 Å². The Morgan fingerprint density at radius 2 is 1.53 bits per heavy atom. The van der Waals surface area contributed by atoms with Crippen LogP contribution in [0.2, 0.25) is 0 Å². The molecular formula is C31H35F2N3O6S. The van der Waals surface area contributed by atoms with Crippen molar-refractivity contribution in [2.75, 3.05) is 30.6 Å². The predicted molar refractivity (Wildman–Crippen MR) is 157 cm³/mol. The van der Waals surface area contributed by atoms with Crippen molar-refractivity contribution in [3.8, 4) is 11.5 Å². The minimum Gasteiger partial charge on any atom is -0.486 e. The van der Waals surface area contributed by atoms with Gasteiger partial charge in [0, 0.05) is 19.2 Å². The smallest absolute Gasteiger partial charge is 0.264 e. The van der Waals surface area contributed by atoms with Crippen LogP contribution in [0, 0.1) is 11.6 Å². The van der Waals surface area contributed by atoms with Crippen LogP contribution in [0.3, 0.4) is 0 Å². The number of carbonyl (C=O) groups excluding carboxylic acids is 2. The Morgan fingerprint density at radius 3 is 2.16 bits per heavy atom. The lowest BCUT2D eigenvalue weighted by Crippen LogP contribution is -2.52. The van der Waals surface area contributed by atoms with Gasteiger partial charge in [0.25, 0.3) is 10.0 Å². The Labute approximate surface area is 250 Å². The molecule has 3 aromatic rings. The van der Waals surface area contributed by atoms with Crippen molar-refractivity contribution in [3.63, 3.8) is 0 Å². The number of nitrogens with one attached hydrogen (secondary N) is 1. The summed E-state index contributed by atoms with van der Waals surface area (Å²) in [6.45, 7) is 3.96. The second-order valence-corrected chi connectivity index (χ2v) is 11.9. The average Bonchev–Trinajstić information content (AvgIpc) is 3.01. The van der Waals surface area contributed by atoms with E-state index in [2.05, 4.69) is 5.32 Å². The molecule has 1 atom stereocenters. The molecule has 43 heavy (non-hydrogen) atoms. The molecule has 0 saturated carbocycles. The van der Waals surface area contributed by atoms with Crippen LogP contribution in [0.1, 0.15) is 38.7 Å². The fourth-order valence-electron chi connectivity index (χ4n) is 4.66. The Balaban J connectivity index is 1.72. The normalized spacial score (nSPS) is 13.2. The molecule has 1 heterocycles. The van der Waals surface area contributed by atoms with E-state index in [1.54, 1.807) is 6.92 Å². The number of sulfonamides is 1. The molecule has 1 aliphatic rings. The minimum atomic E-state index is -4.40. The Bertz CT molecular complexity index is 1520. The lowest BCUT2D eigenvalue weighted by Gasteiger charge is -2.33. The van der Waals surface area contributed by atoms with Gasteiger partial charge in [-0.3, -0.25) is 13.9 Å². The number of halogens is 2. The van der Waals surface area contributed by atoms with Crippen molar-refractivity contribution in [1.82, 2.24) is 10.2 Å². The third-order valence-corrected chi connectivity index (χ3v) is 8.75. The summed E-state index contributed by atoms with van der Waals surface area (Å²) in [5.74, 6) is -1.47. The van der Waals surface area contributed by atoms with Crippen LogP contribution in [0.15, 0.2) is 71.6 Å². The number of amides is 2. The summed E-state index contributed by atoms with van der Waals surface area (Å²) in [5.41, 5.74) is 0.601. The number of unbranched alkanes of at least 4 members (excludes halogenated alkanes) is 1. The number of ether oxygens (including phenoxy) is 2. The van der Waals surface area contributed by atoms with Crippen molar-refractivity contribution in [1.29, 1.82) is 0 Å². The summed E-state index contributed by atoms with van der Waals surface area (Å²) in [5, 5.41) is 2.85. The monoisotopic (exact) mass is 615 g/mol. The third-order valence-electron chi connectivity index (χ3n) is 6.98. The van der Waals surface area contributed by atoms with E-state index in [1.807, 2.05) is 6.92 Å². The largest absolute Gasteiger partial charge is 0.486 e. The summed E-state index contributed by atoms with van der Waals surface area (Å²) in [6, 6.07) is 13.4. The summed E-state index contributed by atoms with van der Waals surface area (Å²) in [7, 11) is -4.40. The molecule has 1 unspecified atom stereocenters. The quantitative estimate of drug-likeness (QED) is 0.281. The molecule has 4 rings (SSSR count). The Kier molecular flexibility index (Phi) is 10.6. The summed E-state index contributed by atoms with van der Waals surface area (Å²) in [6.07, 6.45) is 1.86. The summed E-state index contributed by atoms with van der Waals surface area (Å²) in [4.78, 5) is 28.4. The Morgan fingerprint density at radius 1 is 0.907 bits per heavy atom. The molecule has 1 aliphatic heterocycles. The first-order chi connectivity index (χ1) is 20.6. The molecule has 2 amide bonds. The fourth-order valence-corrected chi connectivity index (χ4v) is 6.09. The van der Waals surface area contributed by atoms with E-state index >= 15 is 0 Å². The molecule has 230 valence electrons. The average molecular weight is 616 g/mol. The van der Waals surface area contributed by atoms with E-state index in [4.69, 9.17) is 9.47 Å². The minimum absolute atomic E-state index is 0.0480. The maximum Gasteiger partial charge on any atom is 0.264 e. The zero-order valence-electron chi connectivity index (χ0n) is 24.1. The first-order valence-corrected chi connectivity index (χ1v) is 15.6. The van der Waals surface area contributed by atoms with Crippen LogP contribution in [0.25, 0.3) is 0 Å². The molecule has 1 N–H and O–H groups in total. The van der Waals surface area contributed by atoms with Gasteiger partial charge in [0.05, 0.1) is 10.6 Å². The van der Waals surface area contributed by atoms with Gasteiger partial charge in [-0.1, -0.05) is 32.4 Å². The van der Waals surface area contributed by atoms with Gasteiger partial charge in [0.1, 0.15) is 37.4 Å². The number of hydrogen-bond donors (Lipinski definition) is 1. The molecule has 0 saturated heterocycles. The van der Waals surface area contributed by atoms with Gasteiger partial charge >= 0.3 is 0 Å². The number of fused-ring (bicyclic) bond motifs is 1. The number of hydrogen-bond acceptors (Lipinski definition) is 6. The van der Waals surface area contributed by atoms with Gasteiger partial charge < -0.3 is 19.7 Å². The second kappa shape index (κ2) is 14.3. The molecule has 0 bridgehead atoms. The molecule has 0 fully saturated rings. The highest BCUT2D eigenvalue weighted by Crippen LogP contribution is 2.34. The molecule has 0 aliphatic carbocycles. The van der Waals surface area contributed by atoms with E-state index in [0.717, 1.165) is 29.3 Å². The van der Waals surface area contributed by atoms with Crippen molar-refractivity contribution in [3.05, 3.63) is 83.9 Å². The topological polar surface area (TPSA) is 105 Å². The van der Waals surface area contributed by atoms with Gasteiger partial charge in [0.15, 0.2) is 11.5 Å². The maximum atomic E-state index is 14.1. The first kappa shape index (κ1) is 31.7. The molecule has 0 spiro atoms. The standard InChI is InChI=1S/C31H35F2N3O6S/c1-3-5-16-34-31(38)27(4-2)35(20-22-6-8-23(32)9-7-22)30(37)21-36(25-12-10-24(33)11-13-25)43(39,40)26-14-15-28-29(19-26)42-18-17-41-28/h6-15,19,27H,3-5,16-18,20-21H2,1-2H3,(H,34,38). The van der Waals surface area contributed by atoms with E-state index in [0.29, 0.717) is 24.5 Å². The zero-order chi connectivity index (χ0) is 31.0. The molecule has 0 radical (unpaired) electrons. The number of benzene rings is 3. The van der Waals surface area contributed by atoms with E-state index < -0.39 is 40.2 Å². The van der Waals surface area contributed by atoms with E-state index in [-0.39, 0.29) is 41.8 Å². The van der Waals surface area contributed by atoms with Crippen molar-refractivity contribution in [2.24, 2.45) is 0 Å². The number of rotatable bonds is 13. The molecule has 0 aromatic heterocycles. The van der Waals surface area contributed by atoms with Crippen molar-refractivity contribution in [2.45, 2.75) is 50.6 Å². The second-order valence-electron chi connectivity index (χ2n) is 10.0. The van der Waals surface area contributed by atoms with E-state index in [9.17, 15) is 26.8 Å². The predicted octanol–water partition coefficient (Wildman–Crippen LogP) is 4.66. The van der Waals surface area contributed by atoms with Gasteiger partial charge in [-0.05, 0) is 66.9 Å². The van der Waals surface area contributed by atoms with Gasteiger partial charge in [-0.15, -0.1) is 0 Å². The molecule has 9 nitrogen and oxygen atoms in total. The Hall–Kier alpha value is -4.19. The summed E-state index contributed by atoms with van der Waals surface area (Å²) >= 11 is 0. The highest BCUT2D eigenvalue weighted by molar-refractivity contribution is 7.92.